The van der Waals surface area contributed by atoms with Gasteiger partial charge in [0.1, 0.15) is 0 Å². The highest BCUT2D eigenvalue weighted by atomic mass is 16.1. The molecule has 0 amide bonds. The highest BCUT2D eigenvalue weighted by Gasteiger charge is 2.11. The van der Waals surface area contributed by atoms with E-state index in [1.165, 1.54) is 0 Å². The molecule has 19 heavy (non-hydrogen) atoms. The van der Waals surface area contributed by atoms with E-state index >= 15 is 0 Å². The predicted molar refractivity (Wildman–Crippen MR) is 76.9 cm³/mol. The zero-order valence-electron chi connectivity index (χ0n) is 11.8. The quantitative estimate of drug-likeness (QED) is 0.673. The van der Waals surface area contributed by atoms with Crippen LogP contribution in [0.5, 0.6) is 0 Å². The van der Waals surface area contributed by atoms with Gasteiger partial charge in [0.2, 0.25) is 0 Å². The van der Waals surface area contributed by atoms with Crippen LogP contribution in [0.4, 0.5) is 0 Å². The number of rotatable bonds is 8. The zero-order valence-corrected chi connectivity index (χ0v) is 11.8. The standard InChI is InChI=1S/C16H22N2O/c1-14(2)13-18(11-6-10-17)12-9-16(19)15-7-4-3-5-8-15/h3-5,7-8,14H,6,9,11-13H2,1-2H3. The highest BCUT2D eigenvalue weighted by Crippen LogP contribution is 2.06. The zero-order chi connectivity index (χ0) is 14.1. The smallest absolute Gasteiger partial charge is 0.164 e. The normalized spacial score (nSPS) is 10.7. The van der Waals surface area contributed by atoms with E-state index in [1.54, 1.807) is 0 Å². The summed E-state index contributed by atoms with van der Waals surface area (Å²) in [6, 6.07) is 11.5. The van der Waals surface area contributed by atoms with E-state index in [4.69, 9.17) is 5.26 Å². The average Bonchev–Trinajstić information content (AvgIpc) is 2.42. The van der Waals surface area contributed by atoms with Crippen LogP contribution >= 0.6 is 0 Å². The Labute approximate surface area is 115 Å². The summed E-state index contributed by atoms with van der Waals surface area (Å²) in [7, 11) is 0. The molecule has 0 saturated carbocycles. The third-order valence-electron chi connectivity index (χ3n) is 2.91. The van der Waals surface area contributed by atoms with Crippen LogP contribution in [0.1, 0.15) is 37.0 Å². The fraction of sp³-hybridized carbons (Fsp3) is 0.500. The molecule has 1 aromatic rings. The van der Waals surface area contributed by atoms with Crippen molar-refractivity contribution < 1.29 is 4.79 Å². The van der Waals surface area contributed by atoms with Crippen LogP contribution in [-0.2, 0) is 0 Å². The molecule has 0 radical (unpaired) electrons. The fourth-order valence-electron chi connectivity index (χ4n) is 2.05. The minimum absolute atomic E-state index is 0.173. The van der Waals surface area contributed by atoms with E-state index in [2.05, 4.69) is 24.8 Å². The molecule has 0 fully saturated rings. The van der Waals surface area contributed by atoms with Crippen molar-refractivity contribution in [2.45, 2.75) is 26.7 Å². The third kappa shape index (κ3) is 6.17. The first-order valence-electron chi connectivity index (χ1n) is 6.81. The molecule has 0 unspecified atom stereocenters. The summed E-state index contributed by atoms with van der Waals surface area (Å²) in [6.07, 6.45) is 1.04. The maximum atomic E-state index is 12.0. The fourth-order valence-corrected chi connectivity index (χ4v) is 2.05. The highest BCUT2D eigenvalue weighted by molar-refractivity contribution is 5.96. The van der Waals surface area contributed by atoms with Crippen LogP contribution in [0.25, 0.3) is 0 Å². The van der Waals surface area contributed by atoms with Gasteiger partial charge in [-0.3, -0.25) is 4.79 Å². The van der Waals surface area contributed by atoms with Gasteiger partial charge in [0.15, 0.2) is 5.78 Å². The van der Waals surface area contributed by atoms with E-state index in [1.807, 2.05) is 30.3 Å². The lowest BCUT2D eigenvalue weighted by Gasteiger charge is -2.22. The SMILES string of the molecule is CC(C)CN(CCC#N)CCC(=O)c1ccccc1. The van der Waals surface area contributed by atoms with Gasteiger partial charge < -0.3 is 4.90 Å². The molecule has 0 bridgehead atoms. The Morgan fingerprint density at radius 3 is 2.53 bits per heavy atom. The van der Waals surface area contributed by atoms with Crippen LogP contribution in [0, 0.1) is 17.2 Å². The van der Waals surface area contributed by atoms with Crippen molar-refractivity contribution in [3.63, 3.8) is 0 Å². The number of carbonyl (C=O) groups is 1. The first-order valence-corrected chi connectivity index (χ1v) is 6.81. The average molecular weight is 258 g/mol. The van der Waals surface area contributed by atoms with Crippen LogP contribution in [-0.4, -0.2) is 30.3 Å². The molecule has 0 aliphatic carbocycles. The second-order valence-electron chi connectivity index (χ2n) is 5.14. The van der Waals surface area contributed by atoms with Gasteiger partial charge in [0, 0.05) is 38.0 Å². The van der Waals surface area contributed by atoms with E-state index in [9.17, 15) is 4.79 Å². The first kappa shape index (κ1) is 15.4. The van der Waals surface area contributed by atoms with Crippen molar-refractivity contribution >= 4 is 5.78 Å². The lowest BCUT2D eigenvalue weighted by molar-refractivity contribution is 0.0961. The van der Waals surface area contributed by atoms with Gasteiger partial charge in [0.05, 0.1) is 6.07 Å². The molecular formula is C16H22N2O. The largest absolute Gasteiger partial charge is 0.302 e. The summed E-state index contributed by atoms with van der Waals surface area (Å²) >= 11 is 0. The predicted octanol–water partition coefficient (Wildman–Crippen LogP) is 3.13. The number of carbonyl (C=O) groups excluding carboxylic acids is 1. The number of hydrogen-bond acceptors (Lipinski definition) is 3. The summed E-state index contributed by atoms with van der Waals surface area (Å²) < 4.78 is 0. The number of Topliss-reactive ketones (excluding diaryl/α,β-unsaturated/α-hetero) is 1. The molecule has 0 aliphatic rings. The van der Waals surface area contributed by atoms with Gasteiger partial charge in [0.25, 0.3) is 0 Å². The lowest BCUT2D eigenvalue weighted by atomic mass is 10.1. The summed E-state index contributed by atoms with van der Waals surface area (Å²) in [5.41, 5.74) is 0.771. The lowest BCUT2D eigenvalue weighted by Crippen LogP contribution is -2.31. The topological polar surface area (TPSA) is 44.1 Å². The Morgan fingerprint density at radius 2 is 1.95 bits per heavy atom. The molecule has 0 saturated heterocycles. The van der Waals surface area contributed by atoms with E-state index in [-0.39, 0.29) is 5.78 Å². The maximum absolute atomic E-state index is 12.0. The van der Waals surface area contributed by atoms with Gasteiger partial charge in [-0.25, -0.2) is 0 Å². The monoisotopic (exact) mass is 258 g/mol. The summed E-state index contributed by atoms with van der Waals surface area (Å²) in [4.78, 5) is 14.2. The molecule has 3 heteroatoms. The minimum Gasteiger partial charge on any atom is -0.302 e. The van der Waals surface area contributed by atoms with Gasteiger partial charge in [-0.15, -0.1) is 0 Å². The Bertz CT molecular complexity index is 420. The van der Waals surface area contributed by atoms with Crippen LogP contribution in [0.2, 0.25) is 0 Å². The molecule has 0 aromatic heterocycles. The third-order valence-corrected chi connectivity index (χ3v) is 2.91. The molecule has 0 N–H and O–H groups in total. The molecule has 1 aromatic carbocycles. The number of hydrogen-bond donors (Lipinski definition) is 0. The molecule has 3 nitrogen and oxygen atoms in total. The summed E-state index contributed by atoms with van der Waals surface area (Å²) in [5, 5.41) is 8.66. The van der Waals surface area contributed by atoms with Gasteiger partial charge in [-0.2, -0.15) is 5.26 Å². The number of ketones is 1. The molecule has 0 atom stereocenters. The van der Waals surface area contributed by atoms with Crippen LogP contribution < -0.4 is 0 Å². The van der Waals surface area contributed by atoms with Gasteiger partial charge in [-0.1, -0.05) is 44.2 Å². The van der Waals surface area contributed by atoms with E-state index in [0.717, 1.165) is 25.2 Å². The van der Waals surface area contributed by atoms with Crippen molar-refractivity contribution in [3.8, 4) is 6.07 Å². The number of benzene rings is 1. The minimum atomic E-state index is 0.173. The maximum Gasteiger partial charge on any atom is 0.164 e. The van der Waals surface area contributed by atoms with Crippen molar-refractivity contribution in [1.29, 1.82) is 5.26 Å². The molecular weight excluding hydrogens is 236 g/mol. The summed E-state index contributed by atoms with van der Waals surface area (Å²) in [5.74, 6) is 0.719. The molecule has 0 aliphatic heterocycles. The Morgan fingerprint density at radius 1 is 1.26 bits per heavy atom. The number of nitriles is 1. The van der Waals surface area contributed by atoms with Gasteiger partial charge in [-0.05, 0) is 5.92 Å². The molecule has 0 spiro atoms. The van der Waals surface area contributed by atoms with Crippen molar-refractivity contribution in [3.05, 3.63) is 35.9 Å². The summed E-state index contributed by atoms with van der Waals surface area (Å²) in [6.45, 7) is 6.71. The first-order chi connectivity index (χ1) is 9.13. The molecule has 0 heterocycles. The van der Waals surface area contributed by atoms with Crippen LogP contribution in [0.15, 0.2) is 30.3 Å². The van der Waals surface area contributed by atoms with E-state index in [0.29, 0.717) is 18.8 Å². The Balaban J connectivity index is 2.47. The van der Waals surface area contributed by atoms with Crippen molar-refractivity contribution in [2.75, 3.05) is 19.6 Å². The van der Waals surface area contributed by atoms with Crippen molar-refractivity contribution in [2.24, 2.45) is 5.92 Å². The number of nitrogens with zero attached hydrogens (tertiary/aromatic N) is 2. The second kappa shape index (κ2) is 8.44. The van der Waals surface area contributed by atoms with Crippen molar-refractivity contribution in [1.82, 2.24) is 4.90 Å². The second-order valence-corrected chi connectivity index (χ2v) is 5.14. The molecule has 1 rings (SSSR count). The van der Waals surface area contributed by atoms with E-state index < -0.39 is 0 Å². The van der Waals surface area contributed by atoms with Gasteiger partial charge >= 0.3 is 0 Å². The Hall–Kier alpha value is -1.66. The van der Waals surface area contributed by atoms with Crippen LogP contribution in [0.3, 0.4) is 0 Å². The Kier molecular flexibility index (Phi) is 6.84. The molecule has 102 valence electrons.